The third-order valence-electron chi connectivity index (χ3n) is 5.00. The number of aliphatic hydroxyl groups excluding tert-OH is 2. The zero-order valence-corrected chi connectivity index (χ0v) is 22.9. The Kier molecular flexibility index (Phi) is 10.5. The Morgan fingerprint density at radius 3 is 2.08 bits per heavy atom. The van der Waals surface area contributed by atoms with Crippen molar-refractivity contribution in [3.63, 3.8) is 0 Å². The number of benzene rings is 2. The molecule has 1 aromatic heterocycles. The van der Waals surface area contributed by atoms with Crippen LogP contribution < -0.4 is 15.5 Å². The van der Waals surface area contributed by atoms with Gasteiger partial charge in [-0.25, -0.2) is 5.26 Å². The largest absolute Gasteiger partial charge is 0.395 e. The lowest BCUT2D eigenvalue weighted by molar-refractivity contribution is -0.432. The summed E-state index contributed by atoms with van der Waals surface area (Å²) in [7, 11) is -9.30. The second kappa shape index (κ2) is 13.5. The Labute approximate surface area is 232 Å². The van der Waals surface area contributed by atoms with E-state index in [2.05, 4.69) is 35.0 Å². The summed E-state index contributed by atoms with van der Waals surface area (Å²) in [5, 5.41) is 36.2. The van der Waals surface area contributed by atoms with E-state index in [1.54, 1.807) is 0 Å². The monoisotopic (exact) mass is 620 g/mol. The highest BCUT2D eigenvalue weighted by Gasteiger charge is 2.20. The Morgan fingerprint density at radius 1 is 0.875 bits per heavy atom. The Morgan fingerprint density at radius 2 is 1.50 bits per heavy atom. The van der Waals surface area contributed by atoms with E-state index < -0.39 is 25.1 Å². The molecule has 2 aromatic carbocycles. The van der Waals surface area contributed by atoms with Crippen LogP contribution in [-0.2, 0) is 29.6 Å². The number of anilines is 5. The number of aryl methyl sites for hydroxylation is 1. The first-order chi connectivity index (χ1) is 18.8. The third kappa shape index (κ3) is 8.41. The maximum absolute atomic E-state index is 12.0. The molecule has 0 amide bonds. The van der Waals surface area contributed by atoms with Crippen molar-refractivity contribution in [3.8, 4) is 0 Å². The summed E-state index contributed by atoms with van der Waals surface area (Å²) in [6.07, 6.45) is 0. The van der Waals surface area contributed by atoms with Gasteiger partial charge in [-0.15, -0.1) is 4.33 Å². The summed E-state index contributed by atoms with van der Waals surface area (Å²) in [6, 6.07) is 7.55. The van der Waals surface area contributed by atoms with Gasteiger partial charge < -0.3 is 25.7 Å². The molecule has 3 aromatic rings. The number of hydrogen-bond donors (Lipinski definition) is 7. The van der Waals surface area contributed by atoms with Crippen LogP contribution in [-0.4, -0.2) is 82.7 Å². The minimum Gasteiger partial charge on any atom is -0.395 e. The molecule has 3 rings (SSSR count). The minimum absolute atomic E-state index is 0.0121. The molecule has 7 N–H and O–H groups in total. The second-order valence-corrected chi connectivity index (χ2v) is 11.3. The molecule has 0 radical (unpaired) electrons. The first-order valence-electron chi connectivity index (χ1n) is 11.0. The second-order valence-electron chi connectivity index (χ2n) is 7.78. The predicted octanol–water partition coefficient (Wildman–Crippen LogP) is 1.38. The van der Waals surface area contributed by atoms with Gasteiger partial charge in [0.15, 0.2) is 0 Å². The predicted molar refractivity (Wildman–Crippen MR) is 141 cm³/mol. The van der Waals surface area contributed by atoms with E-state index in [-0.39, 0.29) is 70.9 Å². The standard InChI is InChI=1S/C20H24N6O11S3/c1-12-2-3-13(10-17(12)40(33,34)35)21-18-23-19(25-20(24-18)26(6-8-27)7-9-28)22-15-11-14(38-37-36-29)4-5-16(15)39(30,31)32/h2-5,10-11,27-29H,6-9H2,1H3,(H,30,31,32)(H,33,34,35)(H2,21,22,23,24,25). The van der Waals surface area contributed by atoms with Crippen LogP contribution in [0.4, 0.5) is 29.2 Å². The Balaban J connectivity index is 2.11. The molecule has 0 bridgehead atoms. The zero-order chi connectivity index (χ0) is 29.5. The molecule has 0 atom stereocenters. The van der Waals surface area contributed by atoms with E-state index in [0.717, 1.165) is 12.1 Å². The molecule has 40 heavy (non-hydrogen) atoms. The van der Waals surface area contributed by atoms with Gasteiger partial charge in [-0.3, -0.25) is 9.11 Å². The fraction of sp³-hybridized carbons (Fsp3) is 0.250. The molecule has 0 spiro atoms. The highest BCUT2D eigenvalue weighted by Crippen LogP contribution is 2.31. The van der Waals surface area contributed by atoms with Crippen molar-refractivity contribution < 1.29 is 50.8 Å². The van der Waals surface area contributed by atoms with Crippen LogP contribution in [0.1, 0.15) is 5.56 Å². The lowest BCUT2D eigenvalue weighted by Crippen LogP contribution is -2.31. The SMILES string of the molecule is Cc1ccc(Nc2nc(Nc3cc(SOOO)ccc3S(=O)(=O)O)nc(N(CCO)CCO)n2)cc1S(=O)(=O)O. The van der Waals surface area contributed by atoms with Gasteiger partial charge in [-0.05, 0) is 42.8 Å². The summed E-state index contributed by atoms with van der Waals surface area (Å²) >= 11 is 0.508. The van der Waals surface area contributed by atoms with E-state index in [9.17, 15) is 36.2 Å². The van der Waals surface area contributed by atoms with E-state index >= 15 is 0 Å². The Hall–Kier alpha value is -3.18. The molecule has 0 saturated carbocycles. The first-order valence-corrected chi connectivity index (χ1v) is 14.6. The molecule has 17 nitrogen and oxygen atoms in total. The molecule has 20 heteroatoms. The topological polar surface area (TPSA) is 254 Å². The number of nitrogens with one attached hydrogen (secondary N) is 2. The minimum atomic E-state index is -4.75. The highest BCUT2D eigenvalue weighted by molar-refractivity contribution is 7.94. The van der Waals surface area contributed by atoms with Crippen LogP contribution in [0.3, 0.4) is 0 Å². The molecule has 0 aliphatic heterocycles. The maximum Gasteiger partial charge on any atom is 0.296 e. The zero-order valence-electron chi connectivity index (χ0n) is 20.5. The lowest BCUT2D eigenvalue weighted by Gasteiger charge is -2.22. The van der Waals surface area contributed by atoms with Crippen LogP contribution in [0.2, 0.25) is 0 Å². The van der Waals surface area contributed by atoms with Crippen LogP contribution in [0.25, 0.3) is 0 Å². The normalized spacial score (nSPS) is 11.8. The van der Waals surface area contributed by atoms with E-state index in [1.165, 1.54) is 36.1 Å². The van der Waals surface area contributed by atoms with Crippen LogP contribution >= 0.6 is 12.0 Å². The molecular weight excluding hydrogens is 596 g/mol. The van der Waals surface area contributed by atoms with E-state index in [4.69, 9.17) is 5.26 Å². The number of hydrogen-bond acceptors (Lipinski definition) is 16. The van der Waals surface area contributed by atoms with Crippen molar-refractivity contribution in [3.05, 3.63) is 42.0 Å². The molecular formula is C20H24N6O11S3. The van der Waals surface area contributed by atoms with Crippen LogP contribution in [0, 0.1) is 6.92 Å². The van der Waals surface area contributed by atoms with Crippen LogP contribution in [0.5, 0.6) is 0 Å². The molecule has 0 unspecified atom stereocenters. The quantitative estimate of drug-likeness (QED) is 0.0581. The van der Waals surface area contributed by atoms with Gasteiger partial charge in [0.2, 0.25) is 17.8 Å². The maximum atomic E-state index is 12.0. The first kappa shape index (κ1) is 31.3. The summed E-state index contributed by atoms with van der Waals surface area (Å²) in [4.78, 5) is 13.3. The van der Waals surface area contributed by atoms with Gasteiger partial charge >= 0.3 is 0 Å². The highest BCUT2D eigenvalue weighted by atomic mass is 32.2. The molecule has 0 saturated heterocycles. The number of aliphatic hydroxyl groups is 2. The lowest BCUT2D eigenvalue weighted by atomic mass is 10.2. The average molecular weight is 621 g/mol. The van der Waals surface area contributed by atoms with Crippen molar-refractivity contribution in [1.29, 1.82) is 0 Å². The number of nitrogens with zero attached hydrogens (tertiary/aromatic N) is 4. The van der Waals surface area contributed by atoms with Gasteiger partial charge in [-0.1, -0.05) is 11.1 Å². The molecule has 0 fully saturated rings. The molecule has 1 heterocycles. The van der Waals surface area contributed by atoms with Gasteiger partial charge in [0, 0.05) is 23.7 Å². The van der Waals surface area contributed by atoms with E-state index in [1.807, 2.05) is 0 Å². The average Bonchev–Trinajstić information content (AvgIpc) is 2.87. The van der Waals surface area contributed by atoms with Gasteiger partial charge in [0.1, 0.15) is 4.90 Å². The molecule has 0 aliphatic carbocycles. The van der Waals surface area contributed by atoms with Gasteiger partial charge in [-0.2, -0.15) is 31.8 Å². The van der Waals surface area contributed by atoms with Crippen molar-refractivity contribution in [2.75, 3.05) is 41.8 Å². The van der Waals surface area contributed by atoms with Crippen LogP contribution in [0.15, 0.2) is 51.1 Å². The van der Waals surface area contributed by atoms with Gasteiger partial charge in [0.25, 0.3) is 20.2 Å². The van der Waals surface area contributed by atoms with E-state index in [0.29, 0.717) is 12.0 Å². The summed E-state index contributed by atoms with van der Waals surface area (Å²) < 4.78 is 71.0. The smallest absolute Gasteiger partial charge is 0.296 e. The molecule has 218 valence electrons. The van der Waals surface area contributed by atoms with Crippen molar-refractivity contribution in [2.45, 2.75) is 21.6 Å². The summed E-state index contributed by atoms with van der Waals surface area (Å²) in [6.45, 7) is 0.774. The molecule has 0 aliphatic rings. The summed E-state index contributed by atoms with van der Waals surface area (Å²) in [5.74, 6) is -0.544. The number of rotatable bonds is 14. The fourth-order valence-electron chi connectivity index (χ4n) is 3.31. The van der Waals surface area contributed by atoms with Crippen molar-refractivity contribution in [2.24, 2.45) is 0 Å². The van der Waals surface area contributed by atoms with Gasteiger partial charge in [0.05, 0.1) is 35.8 Å². The Bertz CT molecular complexity index is 1550. The fourth-order valence-corrected chi connectivity index (χ4v) is 5.09. The van der Waals surface area contributed by atoms with Crippen molar-refractivity contribution in [1.82, 2.24) is 15.0 Å². The third-order valence-corrected chi connectivity index (χ3v) is 7.49. The number of aromatic nitrogens is 3. The summed E-state index contributed by atoms with van der Waals surface area (Å²) in [5.41, 5.74) is 0.197. The van der Waals surface area contributed by atoms with Crippen molar-refractivity contribution >= 4 is 61.5 Å².